The van der Waals surface area contributed by atoms with Crippen molar-refractivity contribution in [2.24, 2.45) is 11.8 Å². The van der Waals surface area contributed by atoms with Gasteiger partial charge in [-0.1, -0.05) is 36.7 Å². The van der Waals surface area contributed by atoms with Crippen molar-refractivity contribution in [2.45, 2.75) is 40.2 Å². The molecule has 0 spiro atoms. The van der Waals surface area contributed by atoms with Crippen LogP contribution in [0.15, 0.2) is 0 Å². The van der Waals surface area contributed by atoms with E-state index >= 15 is 0 Å². The molecule has 1 amide bonds. The minimum absolute atomic E-state index is 0.130. The third-order valence-corrected chi connectivity index (χ3v) is 3.55. The summed E-state index contributed by atoms with van der Waals surface area (Å²) in [4.78, 5) is 11.5. The molecular weight excluding hydrogens is 230 g/mol. The molecule has 0 fully saturated rings. The molecule has 0 aliphatic heterocycles. The van der Waals surface area contributed by atoms with E-state index in [4.69, 9.17) is 0 Å². The Kier molecular flexibility index (Phi) is 6.39. The van der Waals surface area contributed by atoms with E-state index in [1.807, 2.05) is 20.8 Å². The Bertz CT molecular complexity index is 161. The number of hydrogen-bond acceptors (Lipinski definition) is 1. The Morgan fingerprint density at radius 1 is 1.38 bits per heavy atom. The molecule has 0 heterocycles. The SMILES string of the molecule is CCC(C)C(=O)NC(C)C(C)CBr. The number of amides is 1. The summed E-state index contributed by atoms with van der Waals surface area (Å²) in [5, 5.41) is 3.94. The van der Waals surface area contributed by atoms with Gasteiger partial charge < -0.3 is 5.32 Å². The van der Waals surface area contributed by atoms with E-state index < -0.39 is 0 Å². The van der Waals surface area contributed by atoms with Crippen molar-refractivity contribution in [3.8, 4) is 0 Å². The van der Waals surface area contributed by atoms with Gasteiger partial charge in [0.05, 0.1) is 0 Å². The van der Waals surface area contributed by atoms with Crippen LogP contribution in [0.2, 0.25) is 0 Å². The number of nitrogens with one attached hydrogen (secondary N) is 1. The molecule has 0 saturated carbocycles. The molecule has 1 N–H and O–H groups in total. The zero-order chi connectivity index (χ0) is 10.4. The molecule has 3 unspecified atom stereocenters. The van der Waals surface area contributed by atoms with Gasteiger partial charge in [-0.25, -0.2) is 0 Å². The van der Waals surface area contributed by atoms with Crippen LogP contribution < -0.4 is 5.32 Å². The molecule has 0 rings (SSSR count). The lowest BCUT2D eigenvalue weighted by Crippen LogP contribution is -2.40. The largest absolute Gasteiger partial charge is 0.353 e. The normalized spacial score (nSPS) is 17.6. The minimum Gasteiger partial charge on any atom is -0.353 e. The van der Waals surface area contributed by atoms with E-state index in [0.29, 0.717) is 5.92 Å². The van der Waals surface area contributed by atoms with Crippen LogP contribution in [0, 0.1) is 11.8 Å². The molecule has 3 heteroatoms. The highest BCUT2D eigenvalue weighted by molar-refractivity contribution is 9.09. The lowest BCUT2D eigenvalue weighted by atomic mass is 10.0. The molecule has 0 aliphatic rings. The molecule has 2 nitrogen and oxygen atoms in total. The van der Waals surface area contributed by atoms with Crippen molar-refractivity contribution in [3.63, 3.8) is 0 Å². The molecule has 0 saturated heterocycles. The number of hydrogen-bond donors (Lipinski definition) is 1. The van der Waals surface area contributed by atoms with Crippen LogP contribution in [-0.4, -0.2) is 17.3 Å². The Morgan fingerprint density at radius 2 is 1.92 bits per heavy atom. The highest BCUT2D eigenvalue weighted by atomic mass is 79.9. The fourth-order valence-corrected chi connectivity index (χ4v) is 1.39. The molecule has 0 bridgehead atoms. The molecular formula is C10H20BrNO. The van der Waals surface area contributed by atoms with Crippen LogP contribution in [-0.2, 0) is 4.79 Å². The number of halogens is 1. The first kappa shape index (κ1) is 12.9. The predicted octanol–water partition coefficient (Wildman–Crippen LogP) is 2.57. The lowest BCUT2D eigenvalue weighted by Gasteiger charge is -2.21. The summed E-state index contributed by atoms with van der Waals surface area (Å²) in [6.45, 7) is 8.16. The van der Waals surface area contributed by atoms with E-state index in [9.17, 15) is 4.79 Å². The zero-order valence-electron chi connectivity index (χ0n) is 8.93. The van der Waals surface area contributed by atoms with Gasteiger partial charge >= 0.3 is 0 Å². The summed E-state index contributed by atoms with van der Waals surface area (Å²) in [6, 6.07) is 0.251. The number of alkyl halides is 1. The molecule has 78 valence electrons. The summed E-state index contributed by atoms with van der Waals surface area (Å²) in [5.74, 6) is 0.779. The molecule has 0 aromatic rings. The summed E-state index contributed by atoms with van der Waals surface area (Å²) in [5.41, 5.74) is 0. The van der Waals surface area contributed by atoms with Gasteiger partial charge in [-0.05, 0) is 19.3 Å². The van der Waals surface area contributed by atoms with Gasteiger partial charge in [-0.3, -0.25) is 4.79 Å². The van der Waals surface area contributed by atoms with Crippen molar-refractivity contribution in [1.29, 1.82) is 0 Å². The average molecular weight is 250 g/mol. The van der Waals surface area contributed by atoms with Crippen molar-refractivity contribution < 1.29 is 4.79 Å². The van der Waals surface area contributed by atoms with Gasteiger partial charge in [0.2, 0.25) is 5.91 Å². The van der Waals surface area contributed by atoms with Crippen molar-refractivity contribution in [3.05, 3.63) is 0 Å². The lowest BCUT2D eigenvalue weighted by molar-refractivity contribution is -0.125. The van der Waals surface area contributed by atoms with E-state index in [2.05, 4.69) is 28.2 Å². The fraction of sp³-hybridized carbons (Fsp3) is 0.900. The number of carbonyl (C=O) groups is 1. The van der Waals surface area contributed by atoms with Gasteiger partial charge in [-0.2, -0.15) is 0 Å². The van der Waals surface area contributed by atoms with Gasteiger partial charge in [-0.15, -0.1) is 0 Å². The van der Waals surface area contributed by atoms with Gasteiger partial charge in [0.25, 0.3) is 0 Å². The van der Waals surface area contributed by atoms with Crippen LogP contribution in [0.5, 0.6) is 0 Å². The van der Waals surface area contributed by atoms with E-state index in [1.165, 1.54) is 0 Å². The first-order chi connectivity index (χ1) is 6.02. The smallest absolute Gasteiger partial charge is 0.223 e. The van der Waals surface area contributed by atoms with Crippen LogP contribution in [0.4, 0.5) is 0 Å². The second kappa shape index (κ2) is 6.41. The molecule has 3 atom stereocenters. The van der Waals surface area contributed by atoms with Crippen molar-refractivity contribution in [2.75, 3.05) is 5.33 Å². The molecule has 0 aromatic heterocycles. The zero-order valence-corrected chi connectivity index (χ0v) is 10.5. The van der Waals surface area contributed by atoms with Gasteiger partial charge in [0.1, 0.15) is 0 Å². The predicted molar refractivity (Wildman–Crippen MR) is 60.0 cm³/mol. The first-order valence-electron chi connectivity index (χ1n) is 4.89. The van der Waals surface area contributed by atoms with E-state index in [-0.39, 0.29) is 17.9 Å². The summed E-state index contributed by atoms with van der Waals surface area (Å²) >= 11 is 3.41. The minimum atomic E-state index is 0.130. The Balaban J connectivity index is 3.91. The number of rotatable bonds is 5. The monoisotopic (exact) mass is 249 g/mol. The fourth-order valence-electron chi connectivity index (χ4n) is 0.828. The Hall–Kier alpha value is -0.0500. The number of carbonyl (C=O) groups excluding carboxylic acids is 1. The van der Waals surface area contributed by atoms with E-state index in [0.717, 1.165) is 11.8 Å². The standard InChI is InChI=1S/C10H20BrNO/c1-5-7(2)10(13)12-9(4)8(3)6-11/h7-9H,5-6H2,1-4H3,(H,12,13). The molecule has 13 heavy (non-hydrogen) atoms. The third-order valence-electron chi connectivity index (χ3n) is 2.53. The summed E-state index contributed by atoms with van der Waals surface area (Å²) < 4.78 is 0. The van der Waals surface area contributed by atoms with Crippen molar-refractivity contribution in [1.82, 2.24) is 5.32 Å². The summed E-state index contributed by atoms with van der Waals surface area (Å²) in [7, 11) is 0. The Labute approximate surface area is 89.6 Å². The van der Waals surface area contributed by atoms with Gasteiger partial charge in [0.15, 0.2) is 0 Å². The van der Waals surface area contributed by atoms with Crippen molar-refractivity contribution >= 4 is 21.8 Å². The highest BCUT2D eigenvalue weighted by Crippen LogP contribution is 2.08. The molecule has 0 radical (unpaired) electrons. The second-order valence-electron chi connectivity index (χ2n) is 3.74. The average Bonchev–Trinajstić information content (AvgIpc) is 2.14. The van der Waals surface area contributed by atoms with Gasteiger partial charge in [0, 0.05) is 17.3 Å². The maximum absolute atomic E-state index is 11.5. The third kappa shape index (κ3) is 4.65. The second-order valence-corrected chi connectivity index (χ2v) is 4.39. The van der Waals surface area contributed by atoms with Crippen LogP contribution in [0.1, 0.15) is 34.1 Å². The van der Waals surface area contributed by atoms with Crippen LogP contribution >= 0.6 is 15.9 Å². The Morgan fingerprint density at radius 3 is 2.31 bits per heavy atom. The maximum atomic E-state index is 11.5. The summed E-state index contributed by atoms with van der Waals surface area (Å²) in [6.07, 6.45) is 0.904. The molecule has 0 aromatic carbocycles. The first-order valence-corrected chi connectivity index (χ1v) is 6.01. The highest BCUT2D eigenvalue weighted by Gasteiger charge is 2.16. The molecule has 0 aliphatic carbocycles. The maximum Gasteiger partial charge on any atom is 0.223 e. The topological polar surface area (TPSA) is 29.1 Å². The van der Waals surface area contributed by atoms with Crippen LogP contribution in [0.25, 0.3) is 0 Å². The van der Waals surface area contributed by atoms with Crippen LogP contribution in [0.3, 0.4) is 0 Å². The quantitative estimate of drug-likeness (QED) is 0.746. The van der Waals surface area contributed by atoms with E-state index in [1.54, 1.807) is 0 Å².